The number of carbonyl (C=O) groups is 1. The van der Waals surface area contributed by atoms with Crippen molar-refractivity contribution in [3.8, 4) is 11.8 Å². The topological polar surface area (TPSA) is 42.0 Å². The fourth-order valence-corrected chi connectivity index (χ4v) is 1.12. The number of aromatic nitrogens is 1. The SMILES string of the molecule is CC#CC(=O)Nc1ccc(Cl)nc1C. The van der Waals surface area contributed by atoms with E-state index in [0.717, 1.165) is 0 Å². The number of nitrogens with zero attached hydrogens (tertiary/aromatic N) is 1. The quantitative estimate of drug-likeness (QED) is 0.567. The van der Waals surface area contributed by atoms with E-state index in [9.17, 15) is 4.79 Å². The Balaban J connectivity index is 2.85. The molecule has 1 aromatic heterocycles. The van der Waals surface area contributed by atoms with Crippen molar-refractivity contribution in [3.63, 3.8) is 0 Å². The van der Waals surface area contributed by atoms with E-state index in [-0.39, 0.29) is 5.91 Å². The highest BCUT2D eigenvalue weighted by Crippen LogP contribution is 2.15. The summed E-state index contributed by atoms with van der Waals surface area (Å²) in [5, 5.41) is 3.01. The van der Waals surface area contributed by atoms with Crippen molar-refractivity contribution in [1.29, 1.82) is 0 Å². The summed E-state index contributed by atoms with van der Waals surface area (Å²) in [5.74, 6) is 4.54. The molecule has 0 unspecified atom stereocenters. The molecule has 1 heterocycles. The highest BCUT2D eigenvalue weighted by atomic mass is 35.5. The van der Waals surface area contributed by atoms with Gasteiger partial charge in [-0.15, -0.1) is 0 Å². The maximum atomic E-state index is 11.1. The van der Waals surface area contributed by atoms with Gasteiger partial charge >= 0.3 is 0 Å². The molecule has 0 spiro atoms. The predicted octanol–water partition coefficient (Wildman–Crippen LogP) is 2.01. The lowest BCUT2D eigenvalue weighted by molar-refractivity contribution is -0.111. The first-order chi connectivity index (χ1) is 6.63. The monoisotopic (exact) mass is 208 g/mol. The molecule has 1 amide bonds. The molecule has 0 atom stereocenters. The summed E-state index contributed by atoms with van der Waals surface area (Å²) in [5.41, 5.74) is 1.30. The van der Waals surface area contributed by atoms with Crippen LogP contribution in [0, 0.1) is 18.8 Å². The zero-order valence-corrected chi connectivity index (χ0v) is 8.64. The molecular formula is C10H9ClN2O. The lowest BCUT2D eigenvalue weighted by atomic mass is 10.3. The van der Waals surface area contributed by atoms with Crippen LogP contribution in [-0.4, -0.2) is 10.9 Å². The summed E-state index contributed by atoms with van der Waals surface area (Å²) in [4.78, 5) is 15.1. The van der Waals surface area contributed by atoms with Crippen LogP contribution < -0.4 is 5.32 Å². The van der Waals surface area contributed by atoms with E-state index >= 15 is 0 Å². The maximum absolute atomic E-state index is 11.1. The van der Waals surface area contributed by atoms with Gasteiger partial charge in [-0.1, -0.05) is 17.5 Å². The number of amides is 1. The van der Waals surface area contributed by atoms with Crippen LogP contribution >= 0.6 is 11.6 Å². The second kappa shape index (κ2) is 4.64. The van der Waals surface area contributed by atoms with Crippen LogP contribution in [0.15, 0.2) is 12.1 Å². The summed E-state index contributed by atoms with van der Waals surface area (Å²) in [6.07, 6.45) is 0. The van der Waals surface area contributed by atoms with Gasteiger partial charge in [0, 0.05) is 0 Å². The molecule has 4 heteroatoms. The minimum absolute atomic E-state index is 0.347. The zero-order chi connectivity index (χ0) is 10.6. The van der Waals surface area contributed by atoms with Gasteiger partial charge in [-0.3, -0.25) is 4.79 Å². The lowest BCUT2D eigenvalue weighted by Gasteiger charge is -2.04. The van der Waals surface area contributed by atoms with Crippen LogP contribution in [0.1, 0.15) is 12.6 Å². The van der Waals surface area contributed by atoms with Gasteiger partial charge in [0.05, 0.1) is 11.4 Å². The number of carbonyl (C=O) groups excluding carboxylic acids is 1. The first-order valence-electron chi connectivity index (χ1n) is 4.00. The molecule has 0 aliphatic rings. The molecule has 0 saturated heterocycles. The third kappa shape index (κ3) is 2.75. The van der Waals surface area contributed by atoms with E-state index in [1.165, 1.54) is 0 Å². The molecule has 0 radical (unpaired) electrons. The molecule has 3 nitrogen and oxygen atoms in total. The molecule has 72 valence electrons. The van der Waals surface area contributed by atoms with Crippen molar-refractivity contribution in [3.05, 3.63) is 23.0 Å². The Labute approximate surface area is 87.5 Å². The standard InChI is InChI=1S/C10H9ClN2O/c1-3-4-10(14)13-8-5-6-9(11)12-7(8)2/h5-6H,1-2H3,(H,13,14). The molecule has 14 heavy (non-hydrogen) atoms. The maximum Gasteiger partial charge on any atom is 0.300 e. The first kappa shape index (κ1) is 10.6. The van der Waals surface area contributed by atoms with E-state index in [2.05, 4.69) is 22.1 Å². The van der Waals surface area contributed by atoms with Crippen molar-refractivity contribution < 1.29 is 4.79 Å². The van der Waals surface area contributed by atoms with E-state index in [4.69, 9.17) is 11.6 Å². The summed E-state index contributed by atoms with van der Waals surface area (Å²) >= 11 is 5.66. The summed E-state index contributed by atoms with van der Waals surface area (Å²) in [7, 11) is 0. The number of anilines is 1. The predicted molar refractivity (Wildman–Crippen MR) is 56.1 cm³/mol. The van der Waals surface area contributed by atoms with Crippen LogP contribution in [0.2, 0.25) is 5.15 Å². The number of pyridine rings is 1. The molecule has 0 aliphatic carbocycles. The average molecular weight is 209 g/mol. The smallest absolute Gasteiger partial charge is 0.300 e. The normalized spacial score (nSPS) is 8.79. The van der Waals surface area contributed by atoms with Crippen molar-refractivity contribution in [1.82, 2.24) is 4.98 Å². The summed E-state index contributed by atoms with van der Waals surface area (Å²) in [6, 6.07) is 3.31. The van der Waals surface area contributed by atoms with Crippen LogP contribution in [0.3, 0.4) is 0 Å². The van der Waals surface area contributed by atoms with Crippen molar-refractivity contribution in [2.45, 2.75) is 13.8 Å². The Morgan fingerprint density at radius 2 is 2.29 bits per heavy atom. The van der Waals surface area contributed by atoms with Crippen molar-refractivity contribution in [2.75, 3.05) is 5.32 Å². The second-order valence-electron chi connectivity index (χ2n) is 2.60. The highest BCUT2D eigenvalue weighted by Gasteiger charge is 2.02. The number of rotatable bonds is 1. The molecule has 0 saturated carbocycles. The van der Waals surface area contributed by atoms with Crippen molar-refractivity contribution >= 4 is 23.2 Å². The number of halogens is 1. The largest absolute Gasteiger partial charge is 0.313 e. The Hall–Kier alpha value is -1.53. The van der Waals surface area contributed by atoms with E-state index in [0.29, 0.717) is 16.5 Å². The number of aryl methyl sites for hydroxylation is 1. The minimum atomic E-state index is -0.347. The molecule has 0 aliphatic heterocycles. The van der Waals surface area contributed by atoms with Crippen LogP contribution in [0.25, 0.3) is 0 Å². The van der Waals surface area contributed by atoms with Crippen LogP contribution in [0.5, 0.6) is 0 Å². The number of hydrogen-bond acceptors (Lipinski definition) is 2. The van der Waals surface area contributed by atoms with Gasteiger partial charge in [0.2, 0.25) is 0 Å². The Morgan fingerprint density at radius 3 is 2.86 bits per heavy atom. The third-order valence-corrected chi connectivity index (χ3v) is 1.75. The summed E-state index contributed by atoms with van der Waals surface area (Å²) in [6.45, 7) is 3.37. The Bertz CT molecular complexity index is 418. The minimum Gasteiger partial charge on any atom is -0.313 e. The molecule has 1 aromatic rings. The fourth-order valence-electron chi connectivity index (χ4n) is 0.930. The molecular weight excluding hydrogens is 200 g/mol. The lowest BCUT2D eigenvalue weighted by Crippen LogP contribution is -2.10. The number of nitrogens with one attached hydrogen (secondary N) is 1. The molecule has 0 bridgehead atoms. The summed E-state index contributed by atoms with van der Waals surface area (Å²) < 4.78 is 0. The zero-order valence-electron chi connectivity index (χ0n) is 7.89. The Kier molecular flexibility index (Phi) is 3.49. The van der Waals surface area contributed by atoms with Gasteiger partial charge in [-0.05, 0) is 31.9 Å². The van der Waals surface area contributed by atoms with Gasteiger partial charge < -0.3 is 5.32 Å². The third-order valence-electron chi connectivity index (χ3n) is 1.54. The van der Waals surface area contributed by atoms with Gasteiger partial charge in [0.25, 0.3) is 5.91 Å². The van der Waals surface area contributed by atoms with Gasteiger partial charge in [-0.2, -0.15) is 0 Å². The van der Waals surface area contributed by atoms with Gasteiger partial charge in [-0.25, -0.2) is 4.98 Å². The first-order valence-corrected chi connectivity index (χ1v) is 4.38. The highest BCUT2D eigenvalue weighted by molar-refractivity contribution is 6.29. The molecule has 0 aromatic carbocycles. The fraction of sp³-hybridized carbons (Fsp3) is 0.200. The average Bonchev–Trinajstić information content (AvgIpc) is 2.10. The Morgan fingerprint density at radius 1 is 1.57 bits per heavy atom. The second-order valence-corrected chi connectivity index (χ2v) is 2.98. The molecule has 1 rings (SSSR count). The van der Waals surface area contributed by atoms with Crippen molar-refractivity contribution in [2.24, 2.45) is 0 Å². The van der Waals surface area contributed by atoms with E-state index in [1.807, 2.05) is 0 Å². The molecule has 1 N–H and O–H groups in total. The van der Waals surface area contributed by atoms with E-state index in [1.54, 1.807) is 26.0 Å². The van der Waals surface area contributed by atoms with Gasteiger partial charge in [0.15, 0.2) is 0 Å². The van der Waals surface area contributed by atoms with Crippen LogP contribution in [0.4, 0.5) is 5.69 Å². The van der Waals surface area contributed by atoms with Gasteiger partial charge in [0.1, 0.15) is 5.15 Å². The van der Waals surface area contributed by atoms with Crippen LogP contribution in [-0.2, 0) is 4.79 Å². The van der Waals surface area contributed by atoms with E-state index < -0.39 is 0 Å². The number of hydrogen-bond donors (Lipinski definition) is 1. The molecule has 0 fully saturated rings.